The summed E-state index contributed by atoms with van der Waals surface area (Å²) in [6.45, 7) is 10.4. The highest BCUT2D eigenvalue weighted by Crippen LogP contribution is 2.33. The van der Waals surface area contributed by atoms with Gasteiger partial charge in [-0.3, -0.25) is 0 Å². The molecule has 1 heterocycles. The molecule has 0 N–H and O–H groups in total. The Labute approximate surface area is 156 Å². The molecule has 5 nitrogen and oxygen atoms in total. The van der Waals surface area contributed by atoms with Crippen molar-refractivity contribution >= 4 is 18.1 Å². The Bertz CT molecular complexity index is 696. The van der Waals surface area contributed by atoms with E-state index in [1.165, 1.54) is 12.7 Å². The molecule has 1 aromatic rings. The topological polar surface area (TPSA) is 55.8 Å². The van der Waals surface area contributed by atoms with Gasteiger partial charge in [0.25, 0.3) is 0 Å². The maximum Gasteiger partial charge on any atom is 0.410 e. The van der Waals surface area contributed by atoms with Gasteiger partial charge >= 0.3 is 12.1 Å². The van der Waals surface area contributed by atoms with E-state index in [2.05, 4.69) is 19.9 Å². The lowest BCUT2D eigenvalue weighted by Crippen LogP contribution is -2.52. The van der Waals surface area contributed by atoms with Crippen LogP contribution in [0.2, 0.25) is 0 Å². The smallest absolute Gasteiger partial charge is 0.410 e. The minimum Gasteiger partial charge on any atom is -0.465 e. The van der Waals surface area contributed by atoms with Crippen molar-refractivity contribution in [1.82, 2.24) is 4.90 Å². The Balaban J connectivity index is 2.09. The van der Waals surface area contributed by atoms with Crippen LogP contribution < -0.4 is 0 Å². The van der Waals surface area contributed by atoms with Crippen molar-refractivity contribution in [2.45, 2.75) is 58.6 Å². The van der Waals surface area contributed by atoms with Crippen molar-refractivity contribution in [3.63, 3.8) is 0 Å². The fourth-order valence-electron chi connectivity index (χ4n) is 3.15. The standard InChI is InChI=1S/C21H29NO4/c1-20(2,3)26-19(24)22-12-11-16(14-21(22,4)5)13-15-7-9-17(10-8-15)18(23)25-6/h7-10,13H,11-12,14H2,1-6H3/b16-13-. The molecule has 1 saturated heterocycles. The maximum atomic E-state index is 12.5. The normalized spacial score (nSPS) is 18.5. The average molecular weight is 359 g/mol. The first-order chi connectivity index (χ1) is 12.0. The third-order valence-electron chi connectivity index (χ3n) is 4.36. The first-order valence-electron chi connectivity index (χ1n) is 8.90. The molecule has 0 bridgehead atoms. The van der Waals surface area contributed by atoms with E-state index in [4.69, 9.17) is 9.47 Å². The Hall–Kier alpha value is -2.30. The van der Waals surface area contributed by atoms with Gasteiger partial charge in [0.05, 0.1) is 12.7 Å². The highest BCUT2D eigenvalue weighted by atomic mass is 16.6. The van der Waals surface area contributed by atoms with Gasteiger partial charge in [-0.25, -0.2) is 9.59 Å². The Kier molecular flexibility index (Phi) is 5.79. The van der Waals surface area contributed by atoms with Gasteiger partial charge in [0, 0.05) is 12.1 Å². The monoisotopic (exact) mass is 359 g/mol. The fraction of sp³-hybridized carbons (Fsp3) is 0.524. The number of methoxy groups -OCH3 is 1. The van der Waals surface area contributed by atoms with E-state index >= 15 is 0 Å². The maximum absolute atomic E-state index is 12.5. The second-order valence-corrected chi connectivity index (χ2v) is 8.29. The molecule has 142 valence electrons. The molecule has 1 fully saturated rings. The SMILES string of the molecule is COC(=O)c1ccc(/C=C2/CCN(C(=O)OC(C)(C)C)C(C)(C)C2)cc1. The van der Waals surface area contributed by atoms with Crippen LogP contribution in [-0.4, -0.2) is 41.8 Å². The van der Waals surface area contributed by atoms with Gasteiger partial charge in [-0.2, -0.15) is 0 Å². The summed E-state index contributed by atoms with van der Waals surface area (Å²) in [5.74, 6) is -0.337. The number of nitrogens with zero attached hydrogens (tertiary/aromatic N) is 1. The summed E-state index contributed by atoms with van der Waals surface area (Å²) in [6.07, 6.45) is 3.46. The second kappa shape index (κ2) is 7.52. The van der Waals surface area contributed by atoms with Gasteiger partial charge in [-0.1, -0.05) is 23.8 Å². The van der Waals surface area contributed by atoms with Crippen LogP contribution in [-0.2, 0) is 9.47 Å². The van der Waals surface area contributed by atoms with E-state index in [0.717, 1.165) is 18.4 Å². The predicted octanol–water partition coefficient (Wildman–Crippen LogP) is 4.67. The molecule has 0 unspecified atom stereocenters. The summed E-state index contributed by atoms with van der Waals surface area (Å²) < 4.78 is 10.3. The fourth-order valence-corrected chi connectivity index (χ4v) is 3.15. The van der Waals surface area contributed by atoms with E-state index in [1.54, 1.807) is 12.1 Å². The van der Waals surface area contributed by atoms with Crippen LogP contribution in [0.25, 0.3) is 6.08 Å². The number of ether oxygens (including phenoxy) is 2. The van der Waals surface area contributed by atoms with E-state index in [1.807, 2.05) is 37.8 Å². The number of rotatable bonds is 2. The molecule has 1 aromatic carbocycles. The highest BCUT2D eigenvalue weighted by Gasteiger charge is 2.37. The van der Waals surface area contributed by atoms with Crippen molar-refractivity contribution in [2.75, 3.05) is 13.7 Å². The van der Waals surface area contributed by atoms with Gasteiger partial charge < -0.3 is 14.4 Å². The van der Waals surface area contributed by atoms with Crippen molar-refractivity contribution in [2.24, 2.45) is 0 Å². The molecule has 0 spiro atoms. The van der Waals surface area contributed by atoms with Crippen LogP contribution >= 0.6 is 0 Å². The van der Waals surface area contributed by atoms with E-state index < -0.39 is 5.60 Å². The summed E-state index contributed by atoms with van der Waals surface area (Å²) in [5, 5.41) is 0. The lowest BCUT2D eigenvalue weighted by molar-refractivity contribution is -0.000875. The number of benzene rings is 1. The van der Waals surface area contributed by atoms with E-state index in [9.17, 15) is 9.59 Å². The Morgan fingerprint density at radius 2 is 1.77 bits per heavy atom. The number of likely N-dealkylation sites (tertiary alicyclic amines) is 1. The number of piperidine rings is 1. The molecule has 1 aliphatic heterocycles. The zero-order valence-electron chi connectivity index (χ0n) is 16.6. The third-order valence-corrected chi connectivity index (χ3v) is 4.36. The molecule has 0 radical (unpaired) electrons. The Morgan fingerprint density at radius 3 is 2.27 bits per heavy atom. The number of carbonyl (C=O) groups is 2. The minimum absolute atomic E-state index is 0.260. The van der Waals surface area contributed by atoms with Gasteiger partial charge in [-0.15, -0.1) is 0 Å². The van der Waals surface area contributed by atoms with Crippen molar-refractivity contribution in [3.05, 3.63) is 41.0 Å². The number of esters is 1. The first-order valence-corrected chi connectivity index (χ1v) is 8.90. The lowest BCUT2D eigenvalue weighted by atomic mass is 9.86. The van der Waals surface area contributed by atoms with E-state index in [0.29, 0.717) is 12.1 Å². The molecule has 0 saturated carbocycles. The van der Waals surface area contributed by atoms with Crippen molar-refractivity contribution < 1.29 is 19.1 Å². The van der Waals surface area contributed by atoms with Crippen LogP contribution in [0.5, 0.6) is 0 Å². The molecule has 0 aromatic heterocycles. The number of carbonyl (C=O) groups excluding carboxylic acids is 2. The van der Waals surface area contributed by atoms with Gasteiger partial charge in [0.15, 0.2) is 0 Å². The molecule has 2 rings (SSSR count). The second-order valence-electron chi connectivity index (χ2n) is 8.29. The van der Waals surface area contributed by atoms with Crippen LogP contribution in [0.4, 0.5) is 4.79 Å². The predicted molar refractivity (Wildman–Crippen MR) is 102 cm³/mol. The van der Waals surface area contributed by atoms with Crippen LogP contribution in [0, 0.1) is 0 Å². The molecule has 1 aliphatic rings. The van der Waals surface area contributed by atoms with E-state index in [-0.39, 0.29) is 17.6 Å². The molecule has 0 atom stereocenters. The number of amides is 1. The van der Waals surface area contributed by atoms with Gasteiger partial charge in [0.1, 0.15) is 5.60 Å². The summed E-state index contributed by atoms with van der Waals surface area (Å²) in [5.41, 5.74) is 2.05. The first kappa shape index (κ1) is 20.0. The van der Waals surface area contributed by atoms with Crippen molar-refractivity contribution in [3.8, 4) is 0 Å². The van der Waals surface area contributed by atoms with Crippen LogP contribution in [0.3, 0.4) is 0 Å². The van der Waals surface area contributed by atoms with Crippen LogP contribution in [0.1, 0.15) is 63.4 Å². The quantitative estimate of drug-likeness (QED) is 0.720. The molecule has 5 heteroatoms. The molecular weight excluding hydrogens is 330 g/mol. The highest BCUT2D eigenvalue weighted by molar-refractivity contribution is 5.89. The zero-order chi connectivity index (χ0) is 19.5. The summed E-state index contributed by atoms with van der Waals surface area (Å²) in [4.78, 5) is 25.8. The van der Waals surface area contributed by atoms with Gasteiger partial charge in [-0.05, 0) is 65.2 Å². The molecular formula is C21H29NO4. The minimum atomic E-state index is -0.495. The zero-order valence-corrected chi connectivity index (χ0v) is 16.6. The number of hydrogen-bond acceptors (Lipinski definition) is 4. The Morgan fingerprint density at radius 1 is 1.15 bits per heavy atom. The lowest BCUT2D eigenvalue weighted by Gasteiger charge is -2.43. The largest absolute Gasteiger partial charge is 0.465 e. The third kappa shape index (κ3) is 5.10. The molecule has 1 amide bonds. The summed E-state index contributed by atoms with van der Waals surface area (Å²) in [6, 6.07) is 7.34. The van der Waals surface area contributed by atoms with Crippen LogP contribution in [0.15, 0.2) is 29.8 Å². The summed E-state index contributed by atoms with van der Waals surface area (Å²) >= 11 is 0. The molecule has 26 heavy (non-hydrogen) atoms. The van der Waals surface area contributed by atoms with Crippen molar-refractivity contribution in [1.29, 1.82) is 0 Å². The molecule has 0 aliphatic carbocycles. The van der Waals surface area contributed by atoms with Gasteiger partial charge in [0.2, 0.25) is 0 Å². The summed E-state index contributed by atoms with van der Waals surface area (Å²) in [7, 11) is 1.37. The number of hydrogen-bond donors (Lipinski definition) is 0. The average Bonchev–Trinajstić information content (AvgIpc) is 2.52.